The van der Waals surface area contributed by atoms with E-state index in [4.69, 9.17) is 0 Å². The highest BCUT2D eigenvalue weighted by molar-refractivity contribution is 5.34. The monoisotopic (exact) mass is 134 g/mol. The van der Waals surface area contributed by atoms with Crippen LogP contribution in [-0.2, 0) is 0 Å². The predicted molar refractivity (Wildman–Crippen MR) is 43.7 cm³/mol. The molecule has 0 heterocycles. The Morgan fingerprint density at radius 3 is 3.00 bits per heavy atom. The first-order chi connectivity index (χ1) is 4.70. The van der Waals surface area contributed by atoms with Crippen LogP contribution in [0, 0.1) is 11.3 Å². The summed E-state index contributed by atoms with van der Waals surface area (Å²) in [5.74, 6) is 0.801. The van der Waals surface area contributed by atoms with Crippen molar-refractivity contribution in [2.45, 2.75) is 26.7 Å². The Hall–Kier alpha value is -0.520. The third kappa shape index (κ3) is 0.681. The molecule has 2 rings (SSSR count). The highest BCUT2D eigenvalue weighted by Gasteiger charge is 2.35. The Morgan fingerprint density at radius 1 is 1.50 bits per heavy atom. The van der Waals surface area contributed by atoms with E-state index >= 15 is 0 Å². The van der Waals surface area contributed by atoms with Gasteiger partial charge in [0.05, 0.1) is 0 Å². The SMILES string of the molecule is CC1(C)CCC2C=CC=C21. The first-order valence-corrected chi connectivity index (χ1v) is 4.09. The minimum Gasteiger partial charge on any atom is -0.0773 e. The van der Waals surface area contributed by atoms with E-state index < -0.39 is 0 Å². The van der Waals surface area contributed by atoms with E-state index in [9.17, 15) is 0 Å². The maximum absolute atomic E-state index is 2.35. The van der Waals surface area contributed by atoms with E-state index in [0.717, 1.165) is 5.92 Å². The van der Waals surface area contributed by atoms with E-state index in [-0.39, 0.29) is 0 Å². The Bertz CT molecular complexity index is 206. The van der Waals surface area contributed by atoms with Gasteiger partial charge in [0.2, 0.25) is 0 Å². The van der Waals surface area contributed by atoms with Gasteiger partial charge in [-0.25, -0.2) is 0 Å². The molecular weight excluding hydrogens is 120 g/mol. The summed E-state index contributed by atoms with van der Waals surface area (Å²) in [6, 6.07) is 0. The Morgan fingerprint density at radius 2 is 2.30 bits per heavy atom. The molecule has 0 heteroatoms. The van der Waals surface area contributed by atoms with Crippen LogP contribution >= 0.6 is 0 Å². The molecule has 0 amide bonds. The van der Waals surface area contributed by atoms with Crippen molar-refractivity contribution in [2.24, 2.45) is 11.3 Å². The first kappa shape index (κ1) is 6.21. The molecule has 1 saturated carbocycles. The second-order valence-corrected chi connectivity index (χ2v) is 4.04. The number of rotatable bonds is 0. The van der Waals surface area contributed by atoms with E-state index in [1.54, 1.807) is 5.57 Å². The number of hydrogen-bond acceptors (Lipinski definition) is 0. The average molecular weight is 134 g/mol. The molecule has 1 atom stereocenters. The van der Waals surface area contributed by atoms with Crippen molar-refractivity contribution in [3.8, 4) is 0 Å². The zero-order valence-corrected chi connectivity index (χ0v) is 6.72. The molecule has 54 valence electrons. The summed E-state index contributed by atoms with van der Waals surface area (Å²) in [7, 11) is 0. The van der Waals surface area contributed by atoms with Crippen LogP contribution in [0.15, 0.2) is 23.8 Å². The van der Waals surface area contributed by atoms with Crippen molar-refractivity contribution in [3.05, 3.63) is 23.8 Å². The second-order valence-electron chi connectivity index (χ2n) is 4.04. The summed E-state index contributed by atoms with van der Waals surface area (Å²) in [5, 5.41) is 0. The maximum Gasteiger partial charge on any atom is -0.00114 e. The van der Waals surface area contributed by atoms with E-state index in [2.05, 4.69) is 32.1 Å². The lowest BCUT2D eigenvalue weighted by atomic mass is 9.86. The maximum atomic E-state index is 2.35. The molecule has 2 aliphatic carbocycles. The van der Waals surface area contributed by atoms with Gasteiger partial charge in [0, 0.05) is 0 Å². The molecule has 1 unspecified atom stereocenters. The molecule has 0 saturated heterocycles. The molecule has 1 fully saturated rings. The Kier molecular flexibility index (Phi) is 1.08. The fourth-order valence-corrected chi connectivity index (χ4v) is 2.16. The zero-order chi connectivity index (χ0) is 7.19. The molecule has 0 aromatic carbocycles. The van der Waals surface area contributed by atoms with E-state index in [1.165, 1.54) is 12.8 Å². The van der Waals surface area contributed by atoms with Gasteiger partial charge in [0.1, 0.15) is 0 Å². The van der Waals surface area contributed by atoms with E-state index in [0.29, 0.717) is 5.41 Å². The summed E-state index contributed by atoms with van der Waals surface area (Å²) in [5.41, 5.74) is 2.15. The van der Waals surface area contributed by atoms with Gasteiger partial charge < -0.3 is 0 Å². The fourth-order valence-electron chi connectivity index (χ4n) is 2.16. The first-order valence-electron chi connectivity index (χ1n) is 4.09. The van der Waals surface area contributed by atoms with Crippen LogP contribution < -0.4 is 0 Å². The lowest BCUT2D eigenvalue weighted by molar-refractivity contribution is 0.462. The van der Waals surface area contributed by atoms with Crippen molar-refractivity contribution in [3.63, 3.8) is 0 Å². The molecule has 0 aromatic rings. The summed E-state index contributed by atoms with van der Waals surface area (Å²) in [4.78, 5) is 0. The van der Waals surface area contributed by atoms with Crippen LogP contribution in [0.2, 0.25) is 0 Å². The Balaban J connectivity index is 2.34. The van der Waals surface area contributed by atoms with Gasteiger partial charge in [-0.1, -0.05) is 37.6 Å². The van der Waals surface area contributed by atoms with Crippen molar-refractivity contribution >= 4 is 0 Å². The lowest BCUT2D eigenvalue weighted by Gasteiger charge is -2.19. The topological polar surface area (TPSA) is 0 Å². The van der Waals surface area contributed by atoms with Gasteiger partial charge in [-0.3, -0.25) is 0 Å². The van der Waals surface area contributed by atoms with Crippen molar-refractivity contribution < 1.29 is 0 Å². The quantitative estimate of drug-likeness (QED) is 0.478. The molecular formula is C10H14. The van der Waals surface area contributed by atoms with Crippen molar-refractivity contribution in [1.82, 2.24) is 0 Å². The van der Waals surface area contributed by atoms with Gasteiger partial charge in [-0.15, -0.1) is 0 Å². The lowest BCUT2D eigenvalue weighted by Crippen LogP contribution is -2.07. The standard InChI is InChI=1S/C10H14/c1-10(2)7-6-8-4-3-5-9(8)10/h3-5,8H,6-7H2,1-2H3. The van der Waals surface area contributed by atoms with Gasteiger partial charge in [-0.2, -0.15) is 0 Å². The molecule has 0 aromatic heterocycles. The van der Waals surface area contributed by atoms with Gasteiger partial charge in [0.25, 0.3) is 0 Å². The Labute approximate surface area is 62.6 Å². The average Bonchev–Trinajstić information content (AvgIpc) is 2.36. The van der Waals surface area contributed by atoms with E-state index in [1.807, 2.05) is 0 Å². The van der Waals surface area contributed by atoms with Gasteiger partial charge in [0.15, 0.2) is 0 Å². The molecule has 0 radical (unpaired) electrons. The molecule has 0 N–H and O–H groups in total. The summed E-state index contributed by atoms with van der Waals surface area (Å²) >= 11 is 0. The van der Waals surface area contributed by atoms with Crippen LogP contribution in [-0.4, -0.2) is 0 Å². The summed E-state index contributed by atoms with van der Waals surface area (Å²) in [6.07, 6.45) is 9.59. The predicted octanol–water partition coefficient (Wildman–Crippen LogP) is 2.92. The zero-order valence-electron chi connectivity index (χ0n) is 6.72. The number of fused-ring (bicyclic) bond motifs is 1. The normalized spacial score (nSPS) is 34.2. The van der Waals surface area contributed by atoms with Gasteiger partial charge in [-0.05, 0) is 24.2 Å². The van der Waals surface area contributed by atoms with Crippen LogP contribution in [0.4, 0.5) is 0 Å². The van der Waals surface area contributed by atoms with Crippen LogP contribution in [0.5, 0.6) is 0 Å². The molecule has 0 nitrogen and oxygen atoms in total. The third-order valence-corrected chi connectivity index (χ3v) is 2.88. The molecule has 0 spiro atoms. The van der Waals surface area contributed by atoms with Gasteiger partial charge >= 0.3 is 0 Å². The fraction of sp³-hybridized carbons (Fsp3) is 0.600. The highest BCUT2D eigenvalue weighted by Crippen LogP contribution is 2.48. The second kappa shape index (κ2) is 1.75. The van der Waals surface area contributed by atoms with Crippen molar-refractivity contribution in [2.75, 3.05) is 0 Å². The van der Waals surface area contributed by atoms with Crippen LogP contribution in [0.25, 0.3) is 0 Å². The van der Waals surface area contributed by atoms with Crippen molar-refractivity contribution in [1.29, 1.82) is 0 Å². The third-order valence-electron chi connectivity index (χ3n) is 2.88. The molecule has 0 aliphatic heterocycles. The minimum atomic E-state index is 0.494. The summed E-state index contributed by atoms with van der Waals surface area (Å²) < 4.78 is 0. The molecule has 0 bridgehead atoms. The smallest absolute Gasteiger partial charge is 0.00114 e. The number of hydrogen-bond donors (Lipinski definition) is 0. The largest absolute Gasteiger partial charge is 0.0773 e. The summed E-state index contributed by atoms with van der Waals surface area (Å²) in [6.45, 7) is 4.71. The van der Waals surface area contributed by atoms with Crippen LogP contribution in [0.3, 0.4) is 0 Å². The highest BCUT2D eigenvalue weighted by atomic mass is 14.4. The number of allylic oxidation sites excluding steroid dienone is 4. The van der Waals surface area contributed by atoms with Crippen LogP contribution in [0.1, 0.15) is 26.7 Å². The molecule has 2 aliphatic rings. The molecule has 10 heavy (non-hydrogen) atoms. The minimum absolute atomic E-state index is 0.494.